The summed E-state index contributed by atoms with van der Waals surface area (Å²) in [5, 5.41) is 35.1. The number of ether oxygens (including phenoxy) is 9. The van der Waals surface area contributed by atoms with Crippen LogP contribution < -0.4 is 25.1 Å². The van der Waals surface area contributed by atoms with Gasteiger partial charge in [-0.1, -0.05) is 98.8 Å². The fourth-order valence-corrected chi connectivity index (χ4v) is 13.9. The number of hydrogen-bond donors (Lipinski definition) is 4. The lowest BCUT2D eigenvalue weighted by atomic mass is 9.44. The number of amides is 3. The number of fused-ring (bicyclic) bond motifs is 5. The van der Waals surface area contributed by atoms with Crippen LogP contribution in [0.15, 0.2) is 162 Å². The van der Waals surface area contributed by atoms with Crippen molar-refractivity contribution in [2.75, 3.05) is 24.8 Å². The molecule has 0 spiro atoms. The zero-order chi connectivity index (χ0) is 70.4. The average molecular weight is 1350 g/mol. The molecule has 2 heterocycles. The van der Waals surface area contributed by atoms with Gasteiger partial charge in [0.1, 0.15) is 53.6 Å². The van der Waals surface area contributed by atoms with E-state index in [1.165, 1.54) is 106 Å². The quantitative estimate of drug-likeness (QED) is 0.0292. The van der Waals surface area contributed by atoms with E-state index in [9.17, 15) is 43.8 Å². The summed E-state index contributed by atoms with van der Waals surface area (Å²) in [6.07, 6.45) is -13.3. The summed E-state index contributed by atoms with van der Waals surface area (Å²) in [5.41, 5.74) is -8.21. The first-order valence-corrected chi connectivity index (χ1v) is 31.7. The fourth-order valence-electron chi connectivity index (χ4n) is 13.9. The van der Waals surface area contributed by atoms with Crippen molar-refractivity contribution in [3.8, 4) is 11.5 Å². The second kappa shape index (κ2) is 29.0. The third kappa shape index (κ3) is 14.4. The van der Waals surface area contributed by atoms with Gasteiger partial charge >= 0.3 is 41.8 Å². The first-order valence-electron chi connectivity index (χ1n) is 31.7. The lowest BCUT2D eigenvalue weighted by molar-refractivity contribution is -0.346. The summed E-state index contributed by atoms with van der Waals surface area (Å²) in [4.78, 5) is 157. The zero-order valence-corrected chi connectivity index (χ0v) is 54.7. The van der Waals surface area contributed by atoms with Crippen LogP contribution in [0.25, 0.3) is 0 Å². The Balaban J connectivity index is 1.08. The number of benzene rings is 5. The van der Waals surface area contributed by atoms with Gasteiger partial charge in [0.05, 0.1) is 35.6 Å². The summed E-state index contributed by atoms with van der Waals surface area (Å²) in [6.45, 7) is 7.54. The van der Waals surface area contributed by atoms with Crippen LogP contribution in [0.3, 0.4) is 0 Å². The molecule has 3 aliphatic carbocycles. The minimum Gasteiger partial charge on any atom is -0.482 e. The van der Waals surface area contributed by atoms with Gasteiger partial charge < -0.3 is 63.5 Å². The number of para-hydroxylation sites is 2. The van der Waals surface area contributed by atoms with E-state index in [1.54, 1.807) is 79.7 Å². The number of nitrogens with zero attached hydrogens (tertiary/aromatic N) is 2. The molecule has 2 aliphatic heterocycles. The van der Waals surface area contributed by atoms with Crippen LogP contribution in [0.2, 0.25) is 0 Å². The molecule has 0 radical (unpaired) electrons. The van der Waals surface area contributed by atoms with Gasteiger partial charge in [-0.25, -0.2) is 24.2 Å². The molecule has 3 fully saturated rings. The largest absolute Gasteiger partial charge is 0.482 e. The van der Waals surface area contributed by atoms with Crippen molar-refractivity contribution < 1.29 is 106 Å². The van der Waals surface area contributed by atoms with Crippen LogP contribution in [0, 0.1) is 16.7 Å². The lowest BCUT2D eigenvalue weighted by Crippen LogP contribution is -2.82. The number of ketones is 1. The number of aliphatic hydroxyl groups is 1. The Labute approximate surface area is 562 Å². The molecule has 26 nitrogen and oxygen atoms in total. The van der Waals surface area contributed by atoms with Crippen LogP contribution in [0.1, 0.15) is 113 Å². The Kier molecular flexibility index (Phi) is 20.8. The summed E-state index contributed by atoms with van der Waals surface area (Å²) in [7, 11) is 0. The normalized spacial score (nSPS) is 25.2. The first-order chi connectivity index (χ1) is 46.6. The zero-order valence-electron chi connectivity index (χ0n) is 54.7. The van der Waals surface area contributed by atoms with Crippen molar-refractivity contribution in [3.05, 3.63) is 173 Å². The third-order valence-corrected chi connectivity index (χ3v) is 18.7. The topological polar surface area (TPSA) is 351 Å². The first kappa shape index (κ1) is 70.2. The highest BCUT2D eigenvalue weighted by Gasteiger charge is 2.79. The highest BCUT2D eigenvalue weighted by Crippen LogP contribution is 2.65. The second-order valence-corrected chi connectivity index (χ2v) is 25.4. The number of carboxylic acid groups (broad SMARTS) is 1. The Bertz CT molecular complexity index is 3960. The second-order valence-electron chi connectivity index (χ2n) is 25.4. The van der Waals surface area contributed by atoms with Gasteiger partial charge in [0, 0.05) is 49.8 Å². The summed E-state index contributed by atoms with van der Waals surface area (Å²) >= 11 is 0. The van der Waals surface area contributed by atoms with Gasteiger partial charge in [-0.05, 0) is 105 Å². The average Bonchev–Trinajstić information content (AvgIpc) is 0.709. The third-order valence-electron chi connectivity index (χ3n) is 18.7. The highest BCUT2D eigenvalue weighted by molar-refractivity contribution is 6.12. The predicted octanol–water partition coefficient (Wildman–Crippen LogP) is 6.46. The SMILES string of the molecule is CC(=O)O[C@H]1C(=O)[C@]2(C)[C@@H](OC(=O)COc3ccccc3)C[C@H]3OC[C@@]3(OC(C)=O)[C@H]2[C@H](OC(=O)c2ccccc2)[C@]2(O)C[C@H](OC(=O)[C@H](OC(=O)COc3ccccc3)[C@@H](NC(=O)[C@@H](CCC(=O)O)NC(=O)c3ccc(N4N=C(C)CC4=O)cc3)c3ccccc3)C(C)=C1C2(C)C. The molecule has 2 bridgehead atoms. The summed E-state index contributed by atoms with van der Waals surface area (Å²) in [5.74, 6) is -12.5. The van der Waals surface area contributed by atoms with Gasteiger partial charge in [0.25, 0.3) is 11.8 Å². The van der Waals surface area contributed by atoms with E-state index in [2.05, 4.69) is 15.7 Å². The molecule has 10 rings (SSSR count). The van der Waals surface area contributed by atoms with Gasteiger partial charge in [-0.2, -0.15) is 5.10 Å². The number of hydrazone groups is 1. The Hall–Kier alpha value is -10.6. The number of nitrogens with one attached hydrogen (secondary N) is 2. The molecule has 5 aromatic carbocycles. The van der Waals surface area contributed by atoms with Gasteiger partial charge in [-0.3, -0.25) is 33.6 Å². The number of esters is 6. The Morgan fingerprint density at radius 2 is 1.30 bits per heavy atom. The maximum Gasteiger partial charge on any atom is 0.350 e. The number of hydrogen-bond acceptors (Lipinski definition) is 22. The van der Waals surface area contributed by atoms with Crippen molar-refractivity contribution in [1.29, 1.82) is 0 Å². The van der Waals surface area contributed by atoms with Crippen molar-refractivity contribution in [1.82, 2.24) is 10.6 Å². The van der Waals surface area contributed by atoms with Crippen molar-refractivity contribution in [2.45, 2.75) is 140 Å². The highest BCUT2D eigenvalue weighted by atomic mass is 16.6. The number of anilines is 1. The number of carboxylic acids is 1. The van der Waals surface area contributed by atoms with Crippen LogP contribution >= 0.6 is 0 Å². The van der Waals surface area contributed by atoms with Crippen LogP contribution in [-0.4, -0.2) is 155 Å². The molecule has 0 aromatic heterocycles. The van der Waals surface area contributed by atoms with Crippen LogP contribution in [-0.2, 0) is 76.3 Å². The van der Waals surface area contributed by atoms with E-state index in [0.29, 0.717) is 17.1 Å². The standard InChI is InChI=1S/C72H74N4O22/c1-40-34-54(79)76(75-40)47-30-28-45(29-31-47)65(85)73-50(32-33-55(80)81)66(86)74-59(44-20-12-8-13-21-44)61(96-57(83)38-91-49-26-18-11-19-27-49)68(88)94-51-36-72(89)64(97-67(87)46-22-14-9-15-23-46)62-70(7,63(84)60(93-42(3)77)58(41(51)2)69(72,5)6)52(35-53-71(62,39-92-53)98-43(4)78)95-56(82)37-90-48-24-16-10-17-25-48/h8-31,50-53,59-62,64,89H,32-39H2,1-7H3,(H,73,85)(H,74,86)(H,80,81)/t50-,51+,52+,53-,59+,60-,61-,62+,64+,70-,71+,72-/m1/s1. The molecule has 2 saturated carbocycles. The maximum absolute atomic E-state index is 16.6. The summed E-state index contributed by atoms with van der Waals surface area (Å²) < 4.78 is 55.5. The number of aliphatic carboxylic acids is 1. The number of carbonyl (C=O) groups excluding carboxylic acids is 10. The van der Waals surface area contributed by atoms with E-state index < -0.39 is 175 Å². The molecule has 12 atom stereocenters. The lowest BCUT2D eigenvalue weighted by Gasteiger charge is -2.67. The molecule has 514 valence electrons. The minimum absolute atomic E-state index is 0.0150. The molecule has 1 saturated heterocycles. The van der Waals surface area contributed by atoms with E-state index >= 15 is 19.2 Å². The molecule has 3 amide bonds. The number of Topliss-reactive ketones (excluding diaryl/α,β-unsaturated/α-hetero) is 1. The van der Waals surface area contributed by atoms with E-state index in [-0.39, 0.29) is 52.3 Å². The van der Waals surface area contributed by atoms with E-state index in [1.807, 2.05) is 0 Å². The summed E-state index contributed by atoms with van der Waals surface area (Å²) in [6, 6.07) is 33.6. The molecular formula is C72H74N4O22. The molecule has 0 unspecified atom stereocenters. The number of carbonyl (C=O) groups is 11. The minimum atomic E-state index is -2.69. The predicted molar refractivity (Wildman–Crippen MR) is 343 cm³/mol. The maximum atomic E-state index is 16.6. The van der Waals surface area contributed by atoms with E-state index in [0.717, 1.165) is 13.8 Å². The van der Waals surface area contributed by atoms with Crippen molar-refractivity contribution in [2.24, 2.45) is 21.8 Å². The monoisotopic (exact) mass is 1350 g/mol. The Morgan fingerprint density at radius 1 is 0.704 bits per heavy atom. The van der Waals surface area contributed by atoms with Crippen molar-refractivity contribution in [3.63, 3.8) is 0 Å². The molecule has 26 heteroatoms. The fraction of sp³-hybridized carbons (Fsp3) is 0.389. The van der Waals surface area contributed by atoms with Crippen LogP contribution in [0.5, 0.6) is 11.5 Å². The smallest absolute Gasteiger partial charge is 0.350 e. The molecular weight excluding hydrogens is 1270 g/mol. The van der Waals surface area contributed by atoms with Gasteiger partial charge in [0.2, 0.25) is 12.0 Å². The van der Waals surface area contributed by atoms with Gasteiger partial charge in [0.15, 0.2) is 30.7 Å². The van der Waals surface area contributed by atoms with Gasteiger partial charge in [-0.15, -0.1) is 0 Å². The Morgan fingerprint density at radius 3 is 1.85 bits per heavy atom. The molecule has 5 aliphatic rings. The molecule has 4 N–H and O–H groups in total. The molecule has 5 aromatic rings. The molecule has 98 heavy (non-hydrogen) atoms. The van der Waals surface area contributed by atoms with Crippen LogP contribution in [0.4, 0.5) is 5.69 Å². The van der Waals surface area contributed by atoms with Crippen molar-refractivity contribution >= 4 is 76.7 Å². The number of rotatable bonds is 24. The van der Waals surface area contributed by atoms with E-state index in [4.69, 9.17) is 42.6 Å².